The molecule has 1 spiro atoms. The number of rotatable bonds is 10. The molecule has 2 N–H and O–H groups in total. The van der Waals surface area contributed by atoms with Crippen LogP contribution < -0.4 is 5.32 Å². The number of likely N-dealkylation sites (tertiary alicyclic amines) is 1. The van der Waals surface area contributed by atoms with Crippen LogP contribution in [0, 0.1) is 11.8 Å². The highest BCUT2D eigenvalue weighted by Crippen LogP contribution is 2.71. The fourth-order valence-corrected chi connectivity index (χ4v) is 8.60. The number of thioether (sulfide) groups is 1. The van der Waals surface area contributed by atoms with E-state index in [1.165, 1.54) is 0 Å². The van der Waals surface area contributed by atoms with Crippen LogP contribution in [-0.4, -0.2) is 63.1 Å². The van der Waals surface area contributed by atoms with Crippen LogP contribution in [-0.2, 0) is 19.1 Å². The molecule has 9 heteroatoms. The molecule has 2 amide bonds. The van der Waals surface area contributed by atoms with Crippen LogP contribution in [0.4, 0.5) is 5.69 Å². The molecule has 2 unspecified atom stereocenters. The molecule has 5 atom stereocenters. The highest BCUT2D eigenvalue weighted by Gasteiger charge is 2.77. The lowest BCUT2D eigenvalue weighted by molar-refractivity contribution is -0.155. The fraction of sp³-hybridized carbons (Fsp3) is 0.640. The van der Waals surface area contributed by atoms with Gasteiger partial charge < -0.3 is 20.1 Å². The van der Waals surface area contributed by atoms with Gasteiger partial charge in [0.1, 0.15) is 6.04 Å². The van der Waals surface area contributed by atoms with Crippen LogP contribution in [0.5, 0.6) is 0 Å². The van der Waals surface area contributed by atoms with Crippen molar-refractivity contribution in [2.75, 3.05) is 25.1 Å². The molecular formula is C25H33ClN2O5S. The molecule has 3 saturated heterocycles. The first-order valence-electron chi connectivity index (χ1n) is 12.1. The molecule has 3 heterocycles. The Balaban J connectivity index is 1.66. The summed E-state index contributed by atoms with van der Waals surface area (Å²) in [6.45, 7) is 4.64. The number of unbranched alkanes of at least 4 members (excludes halogenated alkanes) is 3. The number of benzene rings is 1. The minimum atomic E-state index is -0.689. The first kappa shape index (κ1) is 25.3. The van der Waals surface area contributed by atoms with E-state index in [1.807, 2.05) is 6.92 Å². The smallest absolute Gasteiger partial charge is 0.311 e. The molecular weight excluding hydrogens is 476 g/mol. The summed E-state index contributed by atoms with van der Waals surface area (Å²) in [6.07, 6.45) is 4.62. The molecule has 2 bridgehead atoms. The number of fused-ring (bicyclic) bond motifs is 1. The second-order valence-electron chi connectivity index (χ2n) is 9.62. The van der Waals surface area contributed by atoms with Crippen LogP contribution >= 0.6 is 23.4 Å². The van der Waals surface area contributed by atoms with Crippen molar-refractivity contribution in [1.29, 1.82) is 0 Å². The number of hydrogen-bond acceptors (Lipinski definition) is 6. The maximum Gasteiger partial charge on any atom is 0.311 e. The zero-order valence-corrected chi connectivity index (χ0v) is 21.3. The van der Waals surface area contributed by atoms with Crippen molar-refractivity contribution in [2.45, 2.75) is 67.9 Å². The molecule has 34 heavy (non-hydrogen) atoms. The Kier molecular flexibility index (Phi) is 7.50. The van der Waals surface area contributed by atoms with Crippen LogP contribution in [0.3, 0.4) is 0 Å². The summed E-state index contributed by atoms with van der Waals surface area (Å²) in [7, 11) is 0. The van der Waals surface area contributed by atoms with Gasteiger partial charge in [0, 0.05) is 17.9 Å². The first-order chi connectivity index (χ1) is 16.3. The van der Waals surface area contributed by atoms with E-state index in [-0.39, 0.29) is 31.0 Å². The lowest BCUT2D eigenvalue weighted by Crippen LogP contribution is -2.51. The number of halogens is 1. The van der Waals surface area contributed by atoms with E-state index in [9.17, 15) is 14.4 Å². The number of aliphatic hydroxyl groups excluding tert-OH is 1. The van der Waals surface area contributed by atoms with Gasteiger partial charge in [0.25, 0.3) is 0 Å². The van der Waals surface area contributed by atoms with Crippen molar-refractivity contribution >= 4 is 46.8 Å². The van der Waals surface area contributed by atoms with Crippen LogP contribution in [0.1, 0.15) is 52.4 Å². The van der Waals surface area contributed by atoms with Gasteiger partial charge >= 0.3 is 5.97 Å². The fourth-order valence-electron chi connectivity index (χ4n) is 6.07. The first-order valence-corrected chi connectivity index (χ1v) is 13.3. The van der Waals surface area contributed by atoms with E-state index in [0.717, 1.165) is 32.1 Å². The summed E-state index contributed by atoms with van der Waals surface area (Å²) < 4.78 is 4.31. The van der Waals surface area contributed by atoms with E-state index < -0.39 is 27.4 Å². The highest BCUT2D eigenvalue weighted by atomic mass is 35.5. The van der Waals surface area contributed by atoms with E-state index in [0.29, 0.717) is 23.7 Å². The molecule has 0 aliphatic carbocycles. The van der Waals surface area contributed by atoms with Crippen molar-refractivity contribution in [2.24, 2.45) is 11.8 Å². The van der Waals surface area contributed by atoms with Crippen LogP contribution in [0.2, 0.25) is 5.02 Å². The van der Waals surface area contributed by atoms with Crippen molar-refractivity contribution in [3.8, 4) is 0 Å². The standard InChI is InChI=1S/C25H33ClN2O5S/c1-3-33-23(32)19-18-22(31)28(14-8-4-5-9-15-29)20(25(18)13-12-24(19,2)34-25)21(30)27-17-11-7-6-10-16(17)26/h6-7,10-11,18-20,29H,3-5,8-9,12-15H2,1-2H3,(H,27,30)/t18-,19-,20?,24+,25?/m0/s1. The van der Waals surface area contributed by atoms with Gasteiger partial charge in [-0.25, -0.2) is 0 Å². The number of nitrogens with one attached hydrogen (secondary N) is 1. The Bertz CT molecular complexity index is 961. The van der Waals surface area contributed by atoms with E-state index in [2.05, 4.69) is 5.32 Å². The SMILES string of the molecule is CCOC(=O)[C@@H]1[C@H]2C(=O)N(CCCCCCO)C(C(=O)Nc3ccccc3Cl)C23CC[C@@]1(C)S3. The number of esters is 1. The van der Waals surface area contributed by atoms with Crippen molar-refractivity contribution < 1.29 is 24.2 Å². The zero-order chi connectivity index (χ0) is 24.5. The van der Waals surface area contributed by atoms with E-state index in [4.69, 9.17) is 21.4 Å². The Morgan fingerprint density at radius 3 is 2.68 bits per heavy atom. The summed E-state index contributed by atoms with van der Waals surface area (Å²) >= 11 is 7.93. The predicted molar refractivity (Wildman–Crippen MR) is 133 cm³/mol. The topological polar surface area (TPSA) is 95.9 Å². The summed E-state index contributed by atoms with van der Waals surface area (Å²) in [5.74, 6) is -1.87. The van der Waals surface area contributed by atoms with Crippen LogP contribution in [0.15, 0.2) is 24.3 Å². The Hall–Kier alpha value is -1.77. The van der Waals surface area contributed by atoms with E-state index >= 15 is 0 Å². The van der Waals surface area contributed by atoms with Gasteiger partial charge in [-0.15, -0.1) is 11.8 Å². The number of amides is 2. The summed E-state index contributed by atoms with van der Waals surface area (Å²) in [5.41, 5.74) is 0.509. The third-order valence-electron chi connectivity index (χ3n) is 7.50. The minimum Gasteiger partial charge on any atom is -0.466 e. The summed E-state index contributed by atoms with van der Waals surface area (Å²) in [4.78, 5) is 42.3. The molecule has 0 radical (unpaired) electrons. The van der Waals surface area contributed by atoms with Gasteiger partial charge in [0.2, 0.25) is 11.8 Å². The second-order valence-corrected chi connectivity index (χ2v) is 11.9. The Morgan fingerprint density at radius 1 is 1.24 bits per heavy atom. The normalized spacial score (nSPS) is 31.6. The zero-order valence-electron chi connectivity index (χ0n) is 19.7. The van der Waals surface area contributed by atoms with Gasteiger partial charge in [-0.2, -0.15) is 0 Å². The third kappa shape index (κ3) is 4.22. The van der Waals surface area contributed by atoms with Crippen molar-refractivity contribution in [3.05, 3.63) is 29.3 Å². The predicted octanol–water partition coefficient (Wildman–Crippen LogP) is 3.88. The lowest BCUT2D eigenvalue weighted by atomic mass is 9.66. The number of hydrogen-bond donors (Lipinski definition) is 2. The van der Waals surface area contributed by atoms with Crippen LogP contribution in [0.25, 0.3) is 0 Å². The number of anilines is 1. The molecule has 4 rings (SSSR count). The maximum atomic E-state index is 13.8. The second kappa shape index (κ2) is 10.1. The molecule has 1 aromatic rings. The number of para-hydroxylation sites is 1. The van der Waals surface area contributed by atoms with Gasteiger partial charge in [-0.1, -0.05) is 36.6 Å². The van der Waals surface area contributed by atoms with Crippen molar-refractivity contribution in [3.63, 3.8) is 0 Å². The van der Waals surface area contributed by atoms with Gasteiger partial charge in [0.05, 0.1) is 33.9 Å². The average molecular weight is 509 g/mol. The molecule has 3 aliphatic rings. The quantitative estimate of drug-likeness (QED) is 0.368. The molecule has 3 aliphatic heterocycles. The Morgan fingerprint density at radius 2 is 1.97 bits per heavy atom. The van der Waals surface area contributed by atoms with E-state index in [1.54, 1.807) is 47.9 Å². The summed E-state index contributed by atoms with van der Waals surface area (Å²) in [5, 5.41) is 12.4. The van der Waals surface area contributed by atoms with Gasteiger partial charge in [-0.3, -0.25) is 14.4 Å². The molecule has 0 aromatic heterocycles. The molecule has 1 aromatic carbocycles. The highest BCUT2D eigenvalue weighted by molar-refractivity contribution is 8.02. The number of ether oxygens (including phenoxy) is 1. The van der Waals surface area contributed by atoms with Gasteiger partial charge in [0.15, 0.2) is 0 Å². The number of nitrogens with zero attached hydrogens (tertiary/aromatic N) is 1. The maximum absolute atomic E-state index is 13.8. The number of carbonyl (C=O) groups excluding carboxylic acids is 3. The van der Waals surface area contributed by atoms with Gasteiger partial charge in [-0.05, 0) is 51.7 Å². The largest absolute Gasteiger partial charge is 0.466 e. The lowest BCUT2D eigenvalue weighted by Gasteiger charge is -2.34. The Labute approximate surface area is 209 Å². The minimum absolute atomic E-state index is 0.129. The number of aliphatic hydroxyl groups is 1. The number of carbonyl (C=O) groups is 3. The summed E-state index contributed by atoms with van der Waals surface area (Å²) in [6, 6.07) is 6.36. The van der Waals surface area contributed by atoms with Crippen molar-refractivity contribution in [1.82, 2.24) is 4.90 Å². The molecule has 186 valence electrons. The third-order valence-corrected chi connectivity index (χ3v) is 9.82. The average Bonchev–Trinajstić information content (AvgIpc) is 3.36. The monoisotopic (exact) mass is 508 g/mol. The molecule has 3 fully saturated rings. The molecule has 7 nitrogen and oxygen atoms in total. The molecule has 0 saturated carbocycles.